The van der Waals surface area contributed by atoms with Crippen LogP contribution < -0.4 is 5.32 Å². The molecule has 2 rings (SSSR count). The van der Waals surface area contributed by atoms with E-state index in [0.717, 1.165) is 10.8 Å². The van der Waals surface area contributed by atoms with E-state index in [1.807, 2.05) is 25.3 Å². The number of furan rings is 1. The summed E-state index contributed by atoms with van der Waals surface area (Å²) in [4.78, 5) is 5.52. The quantitative estimate of drug-likeness (QED) is 0.883. The second kappa shape index (κ2) is 4.80. The number of aromatic nitrogens is 1. The summed E-state index contributed by atoms with van der Waals surface area (Å²) in [6.45, 7) is 6.27. The number of nitrogens with zero attached hydrogens (tertiary/aromatic N) is 1. The van der Waals surface area contributed by atoms with Crippen molar-refractivity contribution in [3.8, 4) is 0 Å². The van der Waals surface area contributed by atoms with Crippen molar-refractivity contribution >= 4 is 11.3 Å². The van der Waals surface area contributed by atoms with Gasteiger partial charge < -0.3 is 9.73 Å². The molecule has 0 saturated carbocycles. The normalized spacial score (nSPS) is 14.9. The fraction of sp³-hybridized carbons (Fsp3) is 0.417. The molecule has 1 N–H and O–H groups in total. The van der Waals surface area contributed by atoms with Gasteiger partial charge in [-0.2, -0.15) is 0 Å². The lowest BCUT2D eigenvalue weighted by molar-refractivity contribution is 0.405. The lowest BCUT2D eigenvalue weighted by Gasteiger charge is -2.16. The first-order valence-corrected chi connectivity index (χ1v) is 6.20. The van der Waals surface area contributed by atoms with Gasteiger partial charge in [0.05, 0.1) is 17.3 Å². The molecule has 3 nitrogen and oxygen atoms in total. The highest BCUT2D eigenvalue weighted by Gasteiger charge is 2.14. The molecule has 2 aromatic heterocycles. The first kappa shape index (κ1) is 11.4. The predicted octanol–water partition coefficient (Wildman–Crippen LogP) is 3.46. The van der Waals surface area contributed by atoms with E-state index >= 15 is 0 Å². The Kier molecular flexibility index (Phi) is 3.41. The Morgan fingerprint density at radius 1 is 1.38 bits per heavy atom. The minimum atomic E-state index is 0.215. The van der Waals surface area contributed by atoms with Gasteiger partial charge in [0.15, 0.2) is 0 Å². The topological polar surface area (TPSA) is 38.1 Å². The molecule has 0 aliphatic carbocycles. The molecule has 2 atom stereocenters. The number of rotatable bonds is 4. The second-order valence-electron chi connectivity index (χ2n) is 3.91. The van der Waals surface area contributed by atoms with E-state index in [2.05, 4.69) is 24.1 Å². The van der Waals surface area contributed by atoms with Crippen LogP contribution >= 0.6 is 11.3 Å². The largest absolute Gasteiger partial charge is 0.468 e. The molecule has 16 heavy (non-hydrogen) atoms. The number of hydrogen-bond acceptors (Lipinski definition) is 4. The van der Waals surface area contributed by atoms with Gasteiger partial charge in [-0.15, -0.1) is 11.3 Å². The van der Waals surface area contributed by atoms with Crippen molar-refractivity contribution in [1.29, 1.82) is 0 Å². The highest BCUT2D eigenvalue weighted by molar-refractivity contribution is 7.11. The lowest BCUT2D eigenvalue weighted by Crippen LogP contribution is -2.21. The third-order valence-corrected chi connectivity index (χ3v) is 3.63. The molecule has 2 unspecified atom stereocenters. The van der Waals surface area contributed by atoms with Crippen molar-refractivity contribution in [2.75, 3.05) is 0 Å². The molecule has 0 radical (unpaired) electrons. The summed E-state index contributed by atoms with van der Waals surface area (Å²) in [5, 5.41) is 4.59. The molecule has 0 fully saturated rings. The van der Waals surface area contributed by atoms with Crippen LogP contribution in [0.5, 0.6) is 0 Å². The van der Waals surface area contributed by atoms with E-state index in [9.17, 15) is 0 Å². The Morgan fingerprint density at radius 3 is 2.75 bits per heavy atom. The zero-order chi connectivity index (χ0) is 11.5. The minimum Gasteiger partial charge on any atom is -0.468 e. The smallest absolute Gasteiger partial charge is 0.120 e. The van der Waals surface area contributed by atoms with Gasteiger partial charge in [0.2, 0.25) is 0 Å². The predicted molar refractivity (Wildman–Crippen MR) is 65.5 cm³/mol. The molecule has 2 aromatic rings. The monoisotopic (exact) mass is 236 g/mol. The van der Waals surface area contributed by atoms with Crippen LogP contribution in [0.25, 0.3) is 0 Å². The maximum Gasteiger partial charge on any atom is 0.120 e. The third-order valence-electron chi connectivity index (χ3n) is 2.54. The molecule has 0 saturated heterocycles. The molecule has 4 heteroatoms. The summed E-state index contributed by atoms with van der Waals surface area (Å²) in [5.74, 6) is 0.966. The van der Waals surface area contributed by atoms with E-state index in [1.165, 1.54) is 4.88 Å². The van der Waals surface area contributed by atoms with Crippen LogP contribution in [0.3, 0.4) is 0 Å². The fourth-order valence-electron chi connectivity index (χ4n) is 1.65. The summed E-state index contributed by atoms with van der Waals surface area (Å²) in [6, 6.07) is 4.41. The minimum absolute atomic E-state index is 0.215. The second-order valence-corrected chi connectivity index (χ2v) is 5.17. The Labute approximate surface area is 99.5 Å². The van der Waals surface area contributed by atoms with Crippen molar-refractivity contribution in [3.05, 3.63) is 40.2 Å². The van der Waals surface area contributed by atoms with Crippen molar-refractivity contribution in [3.63, 3.8) is 0 Å². The van der Waals surface area contributed by atoms with Crippen LogP contribution in [0.1, 0.15) is 41.6 Å². The summed E-state index contributed by atoms with van der Waals surface area (Å²) in [7, 11) is 0. The first-order chi connectivity index (χ1) is 7.66. The van der Waals surface area contributed by atoms with Crippen LogP contribution in [0.2, 0.25) is 0 Å². The first-order valence-electron chi connectivity index (χ1n) is 5.38. The fourth-order valence-corrected chi connectivity index (χ4v) is 2.45. The van der Waals surface area contributed by atoms with Crippen LogP contribution in [0.15, 0.2) is 29.0 Å². The molecule has 86 valence electrons. The van der Waals surface area contributed by atoms with Gasteiger partial charge in [0, 0.05) is 17.1 Å². The van der Waals surface area contributed by atoms with Gasteiger partial charge in [-0.1, -0.05) is 0 Å². The molecule has 0 aliphatic rings. The van der Waals surface area contributed by atoms with Crippen LogP contribution in [-0.4, -0.2) is 4.98 Å². The average molecular weight is 236 g/mol. The number of thiazole rings is 1. The van der Waals surface area contributed by atoms with E-state index in [1.54, 1.807) is 17.6 Å². The van der Waals surface area contributed by atoms with Gasteiger partial charge >= 0.3 is 0 Å². The van der Waals surface area contributed by atoms with Gasteiger partial charge in [-0.25, -0.2) is 4.98 Å². The standard InChI is InChI=1S/C12H16N2OS/c1-8(11-5-4-6-15-11)14-9(2)12-7-13-10(3)16-12/h4-9,14H,1-3H3. The number of hydrogen-bond donors (Lipinski definition) is 1. The average Bonchev–Trinajstić information content (AvgIpc) is 2.87. The SMILES string of the molecule is Cc1ncc(C(C)NC(C)c2ccco2)s1. The van der Waals surface area contributed by atoms with E-state index < -0.39 is 0 Å². The van der Waals surface area contributed by atoms with Crippen molar-refractivity contribution < 1.29 is 4.42 Å². The van der Waals surface area contributed by atoms with Crippen LogP contribution in [0.4, 0.5) is 0 Å². The lowest BCUT2D eigenvalue weighted by atomic mass is 10.2. The summed E-state index contributed by atoms with van der Waals surface area (Å²) in [5.41, 5.74) is 0. The molecular weight excluding hydrogens is 220 g/mol. The van der Waals surface area contributed by atoms with Crippen molar-refractivity contribution in [2.45, 2.75) is 32.9 Å². The van der Waals surface area contributed by atoms with Gasteiger partial charge in [-0.05, 0) is 32.9 Å². The van der Waals surface area contributed by atoms with Crippen molar-refractivity contribution in [1.82, 2.24) is 10.3 Å². The molecular formula is C12H16N2OS. The van der Waals surface area contributed by atoms with Gasteiger partial charge in [0.25, 0.3) is 0 Å². The van der Waals surface area contributed by atoms with Gasteiger partial charge in [-0.3, -0.25) is 0 Å². The molecule has 0 spiro atoms. The summed E-state index contributed by atoms with van der Waals surface area (Å²) in [6.07, 6.45) is 3.64. The molecule has 2 heterocycles. The Balaban J connectivity index is 2.00. The van der Waals surface area contributed by atoms with Crippen molar-refractivity contribution in [2.24, 2.45) is 0 Å². The zero-order valence-corrected chi connectivity index (χ0v) is 10.5. The maximum absolute atomic E-state index is 5.36. The Morgan fingerprint density at radius 2 is 2.19 bits per heavy atom. The Hall–Kier alpha value is -1.13. The van der Waals surface area contributed by atoms with Crippen LogP contribution in [-0.2, 0) is 0 Å². The maximum atomic E-state index is 5.36. The van der Waals surface area contributed by atoms with E-state index in [4.69, 9.17) is 4.42 Å². The van der Waals surface area contributed by atoms with Gasteiger partial charge in [0.1, 0.15) is 5.76 Å². The summed E-state index contributed by atoms with van der Waals surface area (Å²) >= 11 is 1.73. The highest BCUT2D eigenvalue weighted by atomic mass is 32.1. The highest BCUT2D eigenvalue weighted by Crippen LogP contribution is 2.23. The molecule has 0 aliphatic heterocycles. The number of nitrogens with one attached hydrogen (secondary N) is 1. The molecule has 0 bridgehead atoms. The van der Waals surface area contributed by atoms with Crippen LogP contribution in [0, 0.1) is 6.92 Å². The zero-order valence-electron chi connectivity index (χ0n) is 9.73. The molecule has 0 amide bonds. The molecule has 0 aromatic carbocycles. The third kappa shape index (κ3) is 2.51. The van der Waals surface area contributed by atoms with E-state index in [-0.39, 0.29) is 6.04 Å². The Bertz CT molecular complexity index is 436. The summed E-state index contributed by atoms with van der Waals surface area (Å²) < 4.78 is 5.36. The van der Waals surface area contributed by atoms with E-state index in [0.29, 0.717) is 6.04 Å². The number of aryl methyl sites for hydroxylation is 1.